The van der Waals surface area contributed by atoms with Crippen LogP contribution in [0.2, 0.25) is 5.02 Å². The van der Waals surface area contributed by atoms with E-state index >= 15 is 0 Å². The number of anilines is 2. The van der Waals surface area contributed by atoms with Crippen LogP contribution < -0.4 is 14.4 Å². The van der Waals surface area contributed by atoms with Crippen molar-refractivity contribution in [3.63, 3.8) is 0 Å². The van der Waals surface area contributed by atoms with Crippen LogP contribution in [0.3, 0.4) is 0 Å². The van der Waals surface area contributed by atoms with Crippen LogP contribution in [0, 0.1) is 0 Å². The van der Waals surface area contributed by atoms with E-state index in [1.165, 1.54) is 35.5 Å². The average Bonchev–Trinajstić information content (AvgIpc) is 2.95. The summed E-state index contributed by atoms with van der Waals surface area (Å²) in [5.41, 5.74) is 0.873. The van der Waals surface area contributed by atoms with Gasteiger partial charge in [0.2, 0.25) is 10.0 Å². The van der Waals surface area contributed by atoms with Gasteiger partial charge in [-0.25, -0.2) is 8.42 Å². The number of amides is 1. The molecule has 0 atom stereocenters. The molecule has 0 radical (unpaired) electrons. The van der Waals surface area contributed by atoms with Gasteiger partial charge in [-0.3, -0.25) is 13.9 Å². The Bertz CT molecular complexity index is 1010. The van der Waals surface area contributed by atoms with Gasteiger partial charge in [-0.2, -0.15) is 0 Å². The third kappa shape index (κ3) is 4.23. The molecule has 0 saturated carbocycles. The molecule has 2 aromatic rings. The molecule has 0 spiro atoms. The van der Waals surface area contributed by atoms with Crippen LogP contribution in [0.1, 0.15) is 23.7 Å². The summed E-state index contributed by atoms with van der Waals surface area (Å²) in [4.78, 5) is 23.8. The minimum atomic E-state index is -3.40. The van der Waals surface area contributed by atoms with Crippen molar-refractivity contribution >= 4 is 44.9 Å². The fourth-order valence-corrected chi connectivity index (χ4v) is 4.63. The van der Waals surface area contributed by atoms with E-state index in [2.05, 4.69) is 5.32 Å². The van der Waals surface area contributed by atoms with E-state index < -0.39 is 21.9 Å². The molecule has 142 valence electrons. The molecule has 9 heteroatoms. The molecule has 27 heavy (non-hydrogen) atoms. The van der Waals surface area contributed by atoms with E-state index in [0.29, 0.717) is 24.3 Å². The molecular weight excluding hydrogens is 392 g/mol. The number of carbonyl (C=O) groups excluding carboxylic acids is 2. The normalized spacial score (nSPS) is 15.4. The first kappa shape index (κ1) is 19.2. The highest BCUT2D eigenvalue weighted by molar-refractivity contribution is 7.93. The van der Waals surface area contributed by atoms with Gasteiger partial charge in [0.25, 0.3) is 5.91 Å². The van der Waals surface area contributed by atoms with Gasteiger partial charge >= 0.3 is 5.97 Å². The van der Waals surface area contributed by atoms with Crippen molar-refractivity contribution in [1.29, 1.82) is 0 Å². The summed E-state index contributed by atoms with van der Waals surface area (Å²) in [5, 5.41) is 2.96. The maximum atomic E-state index is 12.6. The second kappa shape index (κ2) is 7.58. The van der Waals surface area contributed by atoms with Gasteiger partial charge < -0.3 is 10.1 Å². The fourth-order valence-electron chi connectivity index (χ4n) is 2.79. The molecule has 0 aliphatic carbocycles. The van der Waals surface area contributed by atoms with Crippen LogP contribution in [0.5, 0.6) is 5.75 Å². The topological polar surface area (TPSA) is 92.8 Å². The molecule has 0 aromatic heterocycles. The highest BCUT2D eigenvalue weighted by Gasteiger charge is 2.30. The molecule has 1 N–H and O–H groups in total. The highest BCUT2D eigenvalue weighted by atomic mass is 35.5. The summed E-state index contributed by atoms with van der Waals surface area (Å²) >= 11 is 6.16. The molecule has 1 heterocycles. The highest BCUT2D eigenvalue weighted by Crippen LogP contribution is 2.33. The van der Waals surface area contributed by atoms with Crippen LogP contribution in [-0.4, -0.2) is 32.6 Å². The molecule has 2 aromatic carbocycles. The van der Waals surface area contributed by atoms with Crippen molar-refractivity contribution in [3.05, 3.63) is 53.1 Å². The third-order valence-electron chi connectivity index (χ3n) is 3.96. The molecule has 0 bridgehead atoms. The largest absolute Gasteiger partial charge is 0.426 e. The van der Waals surface area contributed by atoms with Gasteiger partial charge in [0, 0.05) is 19.2 Å². The van der Waals surface area contributed by atoms with E-state index in [1.807, 2.05) is 0 Å². The van der Waals surface area contributed by atoms with Crippen LogP contribution in [0.4, 0.5) is 11.4 Å². The quantitative estimate of drug-likeness (QED) is 0.620. The third-order valence-corrected chi connectivity index (χ3v) is 6.13. The first-order valence-electron chi connectivity index (χ1n) is 8.17. The number of hydrogen-bond donors (Lipinski definition) is 1. The molecule has 1 amide bonds. The first-order valence-corrected chi connectivity index (χ1v) is 10.2. The molecular formula is C18H17ClN2O5S. The van der Waals surface area contributed by atoms with E-state index in [0.717, 1.165) is 0 Å². The zero-order valence-electron chi connectivity index (χ0n) is 14.4. The number of esters is 1. The number of halogens is 1. The Morgan fingerprint density at radius 1 is 1.19 bits per heavy atom. The molecule has 0 unspecified atom stereocenters. The minimum Gasteiger partial charge on any atom is -0.426 e. The summed E-state index contributed by atoms with van der Waals surface area (Å²) in [6.07, 6.45) is 0.519. The van der Waals surface area contributed by atoms with Crippen molar-refractivity contribution in [2.24, 2.45) is 0 Å². The first-order chi connectivity index (χ1) is 12.8. The van der Waals surface area contributed by atoms with Crippen LogP contribution in [-0.2, 0) is 14.8 Å². The average molecular weight is 409 g/mol. The lowest BCUT2D eigenvalue weighted by atomic mass is 10.1. The molecule has 1 fully saturated rings. The Balaban J connectivity index is 1.88. The summed E-state index contributed by atoms with van der Waals surface area (Å²) in [5.74, 6) is -0.832. The monoisotopic (exact) mass is 408 g/mol. The lowest BCUT2D eigenvalue weighted by Crippen LogP contribution is -2.25. The van der Waals surface area contributed by atoms with Crippen molar-refractivity contribution < 1.29 is 22.7 Å². The SMILES string of the molecule is CC(=O)Oc1ccccc1C(=O)Nc1ccc(Cl)c(N2CCCS2(=O)=O)c1. The summed E-state index contributed by atoms with van der Waals surface area (Å²) in [6, 6.07) is 10.9. The van der Waals surface area contributed by atoms with Crippen molar-refractivity contribution in [3.8, 4) is 5.75 Å². The maximum absolute atomic E-state index is 12.6. The molecule has 1 aliphatic heterocycles. The summed E-state index contributed by atoms with van der Waals surface area (Å²) < 4.78 is 30.6. The van der Waals surface area contributed by atoms with E-state index in [4.69, 9.17) is 16.3 Å². The van der Waals surface area contributed by atoms with E-state index in [9.17, 15) is 18.0 Å². The van der Waals surface area contributed by atoms with Crippen LogP contribution >= 0.6 is 11.6 Å². The number of ether oxygens (including phenoxy) is 1. The second-order valence-corrected chi connectivity index (χ2v) is 8.37. The van der Waals surface area contributed by atoms with E-state index in [-0.39, 0.29) is 22.1 Å². The fraction of sp³-hybridized carbons (Fsp3) is 0.222. The number of para-hydroxylation sites is 1. The van der Waals surface area contributed by atoms with Crippen molar-refractivity contribution in [2.75, 3.05) is 21.9 Å². The minimum absolute atomic E-state index is 0.0652. The zero-order valence-corrected chi connectivity index (χ0v) is 16.0. The smallest absolute Gasteiger partial charge is 0.308 e. The van der Waals surface area contributed by atoms with Gasteiger partial charge in [0.05, 0.1) is 22.0 Å². The van der Waals surface area contributed by atoms with Gasteiger partial charge in [0.15, 0.2) is 0 Å². The van der Waals surface area contributed by atoms with Crippen molar-refractivity contribution in [1.82, 2.24) is 0 Å². The number of rotatable bonds is 4. The lowest BCUT2D eigenvalue weighted by Gasteiger charge is -2.19. The number of nitrogens with zero attached hydrogens (tertiary/aromatic N) is 1. The second-order valence-electron chi connectivity index (χ2n) is 5.95. The summed E-state index contributed by atoms with van der Waals surface area (Å²) in [7, 11) is -3.40. The number of carbonyl (C=O) groups is 2. The molecule has 1 saturated heterocycles. The Labute approximate surface area is 161 Å². The Kier molecular flexibility index (Phi) is 5.38. The van der Waals surface area contributed by atoms with Gasteiger partial charge in [-0.1, -0.05) is 23.7 Å². The number of sulfonamides is 1. The number of benzene rings is 2. The van der Waals surface area contributed by atoms with Crippen molar-refractivity contribution in [2.45, 2.75) is 13.3 Å². The van der Waals surface area contributed by atoms with Crippen LogP contribution in [0.25, 0.3) is 0 Å². The Hall–Kier alpha value is -2.58. The van der Waals surface area contributed by atoms with Crippen LogP contribution in [0.15, 0.2) is 42.5 Å². The van der Waals surface area contributed by atoms with Gasteiger partial charge in [-0.15, -0.1) is 0 Å². The van der Waals surface area contributed by atoms with Gasteiger partial charge in [-0.05, 0) is 36.8 Å². The summed E-state index contributed by atoms with van der Waals surface area (Å²) in [6.45, 7) is 1.59. The maximum Gasteiger partial charge on any atom is 0.308 e. The van der Waals surface area contributed by atoms with E-state index in [1.54, 1.807) is 18.2 Å². The standard InChI is InChI=1S/C18H17ClN2O5S/c1-12(22)26-17-6-3-2-5-14(17)18(23)20-13-7-8-15(19)16(11-13)21-9-4-10-27(21,24)25/h2-3,5-8,11H,4,9-10H2,1H3,(H,20,23). The zero-order chi connectivity index (χ0) is 19.6. The molecule has 3 rings (SSSR count). The molecule has 7 nitrogen and oxygen atoms in total. The predicted octanol–water partition coefficient (Wildman–Crippen LogP) is 3.06. The Morgan fingerprint density at radius 2 is 1.93 bits per heavy atom. The Morgan fingerprint density at radius 3 is 2.59 bits per heavy atom. The number of hydrogen-bond acceptors (Lipinski definition) is 5. The predicted molar refractivity (Wildman–Crippen MR) is 103 cm³/mol. The molecule has 1 aliphatic rings. The lowest BCUT2D eigenvalue weighted by molar-refractivity contribution is -0.131. The van der Waals surface area contributed by atoms with Gasteiger partial charge in [0.1, 0.15) is 5.75 Å². The number of nitrogens with one attached hydrogen (secondary N) is 1.